The lowest BCUT2D eigenvalue weighted by Crippen LogP contribution is -2.54. The minimum absolute atomic E-state index is 0.231. The number of halogens is 2. The van der Waals surface area contributed by atoms with E-state index in [0.717, 1.165) is 9.37 Å². The Kier molecular flexibility index (Phi) is 7.03. The zero-order valence-electron chi connectivity index (χ0n) is 15.3. The van der Waals surface area contributed by atoms with E-state index in [1.54, 1.807) is 53.7 Å². The molecule has 0 aliphatic rings. The highest BCUT2D eigenvalue weighted by Crippen LogP contribution is 2.31. The Morgan fingerprint density at radius 3 is 2.20 bits per heavy atom. The molecule has 0 bridgehead atoms. The summed E-state index contributed by atoms with van der Waals surface area (Å²) in [7, 11) is 0. The third-order valence-corrected chi connectivity index (χ3v) is 4.43. The lowest BCUT2D eigenvalue weighted by atomic mass is 9.85. The maximum atomic E-state index is 12.8. The van der Waals surface area contributed by atoms with Crippen molar-refractivity contribution in [1.29, 1.82) is 0 Å². The molecule has 0 radical (unpaired) electrons. The minimum atomic E-state index is -1.14. The number of anilines is 1. The van der Waals surface area contributed by atoms with Crippen LogP contribution in [0.5, 0.6) is 0 Å². The van der Waals surface area contributed by atoms with Gasteiger partial charge in [-0.2, -0.15) is 0 Å². The number of aromatic nitrogens is 1. The van der Waals surface area contributed by atoms with E-state index in [9.17, 15) is 14.7 Å². The Bertz CT molecular complexity index is 651. The molecule has 1 atom stereocenters. The highest BCUT2D eigenvalue weighted by molar-refractivity contribution is 9.10. The molecule has 0 aliphatic heterocycles. The minimum Gasteiger partial charge on any atom is -0.480 e. The van der Waals surface area contributed by atoms with Crippen LogP contribution in [0.25, 0.3) is 0 Å². The second-order valence-electron chi connectivity index (χ2n) is 7.69. The summed E-state index contributed by atoms with van der Waals surface area (Å²) in [6.07, 6.45) is -0.745. The van der Waals surface area contributed by atoms with Gasteiger partial charge in [0.05, 0.1) is 5.69 Å². The van der Waals surface area contributed by atoms with E-state index in [-0.39, 0.29) is 5.82 Å². The van der Waals surface area contributed by atoms with Gasteiger partial charge in [0, 0.05) is 9.80 Å². The Labute approximate surface area is 165 Å². The number of ether oxygens (including phenoxy) is 1. The Morgan fingerprint density at radius 2 is 1.80 bits per heavy atom. The van der Waals surface area contributed by atoms with Crippen molar-refractivity contribution in [3.63, 3.8) is 0 Å². The van der Waals surface area contributed by atoms with Crippen molar-refractivity contribution in [2.75, 3.05) is 4.90 Å². The molecular weight excluding hydrogens is 456 g/mol. The van der Waals surface area contributed by atoms with Crippen molar-refractivity contribution in [2.24, 2.45) is 5.41 Å². The third kappa shape index (κ3) is 5.95. The number of hydrogen-bond acceptors (Lipinski definition) is 4. The predicted molar refractivity (Wildman–Crippen MR) is 104 cm³/mol. The van der Waals surface area contributed by atoms with Gasteiger partial charge in [0.1, 0.15) is 17.5 Å². The number of pyridine rings is 1. The van der Waals surface area contributed by atoms with Crippen molar-refractivity contribution in [3.8, 4) is 0 Å². The van der Waals surface area contributed by atoms with Gasteiger partial charge in [0.25, 0.3) is 0 Å². The fraction of sp³-hybridized carbons (Fsp3) is 0.588. The zero-order valence-corrected chi connectivity index (χ0v) is 18.4. The standard InChI is InChI=1S/C17H24Br2N2O4/c1-16(2,3)13(14(22)23)21(15(24)25-17(4,5)6)12-8-7-10(19)11(9-18)20-12/h7-8,13H,9H2,1-6H3,(H,22,23). The van der Waals surface area contributed by atoms with Gasteiger partial charge in [0.15, 0.2) is 0 Å². The summed E-state index contributed by atoms with van der Waals surface area (Å²) in [5.74, 6) is -0.891. The predicted octanol–water partition coefficient (Wildman–Crippen LogP) is 4.98. The molecule has 1 heterocycles. The second kappa shape index (κ2) is 8.03. The molecule has 0 saturated carbocycles. The summed E-state index contributed by atoms with van der Waals surface area (Å²) in [5, 5.41) is 10.2. The fourth-order valence-electron chi connectivity index (χ4n) is 2.21. The molecule has 0 aliphatic carbocycles. The van der Waals surface area contributed by atoms with Gasteiger partial charge in [-0.15, -0.1) is 0 Å². The van der Waals surface area contributed by atoms with E-state index in [1.807, 2.05) is 0 Å². The van der Waals surface area contributed by atoms with Crippen LogP contribution in [-0.4, -0.2) is 33.8 Å². The maximum absolute atomic E-state index is 12.8. The molecule has 1 N–H and O–H groups in total. The zero-order chi connectivity index (χ0) is 19.6. The first-order valence-electron chi connectivity index (χ1n) is 7.74. The molecule has 1 unspecified atom stereocenters. The highest BCUT2D eigenvalue weighted by Gasteiger charge is 2.42. The number of alkyl halides is 1. The van der Waals surface area contributed by atoms with Crippen LogP contribution in [0.4, 0.5) is 10.6 Å². The SMILES string of the molecule is CC(C)(C)OC(=O)N(c1ccc(Br)c(CBr)n1)C(C(=O)O)C(C)(C)C. The number of hydrogen-bond donors (Lipinski definition) is 1. The first kappa shape index (κ1) is 21.9. The average Bonchev–Trinajstić information content (AvgIpc) is 2.41. The Balaban J connectivity index is 3.52. The number of aliphatic carboxylic acids is 1. The fourth-order valence-corrected chi connectivity index (χ4v) is 3.38. The van der Waals surface area contributed by atoms with E-state index in [4.69, 9.17) is 4.74 Å². The smallest absolute Gasteiger partial charge is 0.416 e. The first-order valence-corrected chi connectivity index (χ1v) is 9.66. The number of carboxylic acid groups (broad SMARTS) is 1. The van der Waals surface area contributed by atoms with Gasteiger partial charge in [0.2, 0.25) is 0 Å². The average molecular weight is 480 g/mol. The number of carbonyl (C=O) groups is 2. The Hall–Kier alpha value is -1.15. The summed E-state index contributed by atoms with van der Waals surface area (Å²) in [6.45, 7) is 10.5. The second-order valence-corrected chi connectivity index (χ2v) is 9.10. The largest absolute Gasteiger partial charge is 0.480 e. The number of nitrogens with zero attached hydrogens (tertiary/aromatic N) is 2. The Morgan fingerprint density at radius 1 is 1.24 bits per heavy atom. The summed E-state index contributed by atoms with van der Waals surface area (Å²) in [5.41, 5.74) is -0.834. The van der Waals surface area contributed by atoms with Gasteiger partial charge in [-0.1, -0.05) is 36.7 Å². The molecule has 0 saturated heterocycles. The molecule has 1 rings (SSSR count). The van der Waals surface area contributed by atoms with Crippen LogP contribution in [0.3, 0.4) is 0 Å². The molecule has 1 aromatic heterocycles. The summed E-state index contributed by atoms with van der Waals surface area (Å²) in [4.78, 5) is 30.3. The highest BCUT2D eigenvalue weighted by atomic mass is 79.9. The lowest BCUT2D eigenvalue weighted by molar-refractivity contribution is -0.141. The van der Waals surface area contributed by atoms with Crippen molar-refractivity contribution in [2.45, 2.75) is 58.5 Å². The summed E-state index contributed by atoms with van der Waals surface area (Å²) >= 11 is 6.73. The molecule has 6 nitrogen and oxygen atoms in total. The van der Waals surface area contributed by atoms with Crippen LogP contribution in [0.2, 0.25) is 0 Å². The van der Waals surface area contributed by atoms with Gasteiger partial charge >= 0.3 is 12.1 Å². The molecule has 0 fully saturated rings. The van der Waals surface area contributed by atoms with E-state index >= 15 is 0 Å². The molecule has 1 aromatic rings. The van der Waals surface area contributed by atoms with Crippen LogP contribution in [0.15, 0.2) is 16.6 Å². The van der Waals surface area contributed by atoms with Crippen molar-refractivity contribution < 1.29 is 19.4 Å². The van der Waals surface area contributed by atoms with E-state index in [1.165, 1.54) is 0 Å². The third-order valence-electron chi connectivity index (χ3n) is 3.18. The van der Waals surface area contributed by atoms with E-state index < -0.39 is 29.1 Å². The molecule has 25 heavy (non-hydrogen) atoms. The topological polar surface area (TPSA) is 79.7 Å². The van der Waals surface area contributed by atoms with Gasteiger partial charge in [-0.25, -0.2) is 19.5 Å². The van der Waals surface area contributed by atoms with Crippen LogP contribution in [0.1, 0.15) is 47.2 Å². The van der Waals surface area contributed by atoms with E-state index in [2.05, 4.69) is 36.8 Å². The number of rotatable bonds is 4. The quantitative estimate of drug-likeness (QED) is 0.616. The molecule has 8 heteroatoms. The van der Waals surface area contributed by atoms with Crippen molar-refractivity contribution >= 4 is 49.7 Å². The first-order chi connectivity index (χ1) is 11.3. The number of amides is 1. The maximum Gasteiger partial charge on any atom is 0.416 e. The van der Waals surface area contributed by atoms with Gasteiger partial charge in [-0.3, -0.25) is 0 Å². The number of carboxylic acids is 1. The molecule has 1 amide bonds. The molecule has 140 valence electrons. The summed E-state index contributed by atoms with van der Waals surface area (Å²) < 4.78 is 6.21. The van der Waals surface area contributed by atoms with Crippen LogP contribution in [-0.2, 0) is 14.9 Å². The van der Waals surface area contributed by atoms with Gasteiger partial charge in [-0.05, 0) is 54.2 Å². The van der Waals surface area contributed by atoms with Crippen LogP contribution < -0.4 is 4.90 Å². The molecular formula is C17H24Br2N2O4. The van der Waals surface area contributed by atoms with Gasteiger partial charge < -0.3 is 9.84 Å². The monoisotopic (exact) mass is 478 g/mol. The van der Waals surface area contributed by atoms with Crippen molar-refractivity contribution in [1.82, 2.24) is 4.98 Å². The molecule has 0 aromatic carbocycles. The number of carbonyl (C=O) groups excluding carboxylic acids is 1. The lowest BCUT2D eigenvalue weighted by Gasteiger charge is -2.37. The van der Waals surface area contributed by atoms with Crippen molar-refractivity contribution in [3.05, 3.63) is 22.3 Å². The normalized spacial score (nSPS) is 13.3. The van der Waals surface area contributed by atoms with Crippen LogP contribution >= 0.6 is 31.9 Å². The molecule has 0 spiro atoms. The van der Waals surface area contributed by atoms with E-state index in [0.29, 0.717) is 11.0 Å². The van der Waals surface area contributed by atoms with Crippen LogP contribution in [0, 0.1) is 5.41 Å². The summed E-state index contributed by atoms with van der Waals surface area (Å²) in [6, 6.07) is 2.19.